The molecule has 1 rings (SSSR count). The molecule has 0 radical (unpaired) electrons. The van der Waals surface area contributed by atoms with Gasteiger partial charge in [-0.05, 0) is 107 Å². The molecule has 0 aromatic rings. The van der Waals surface area contributed by atoms with Crippen molar-refractivity contribution in [1.82, 2.24) is 0 Å². The summed E-state index contributed by atoms with van der Waals surface area (Å²) in [5, 5.41) is 0. The van der Waals surface area contributed by atoms with Crippen LogP contribution in [0.5, 0.6) is 0 Å². The van der Waals surface area contributed by atoms with E-state index in [9.17, 15) is 0 Å². The van der Waals surface area contributed by atoms with Crippen LogP contribution in [0.15, 0.2) is 4.99 Å². The van der Waals surface area contributed by atoms with Gasteiger partial charge in [-0.1, -0.05) is 27.2 Å². The van der Waals surface area contributed by atoms with Gasteiger partial charge in [0, 0.05) is 11.5 Å². The van der Waals surface area contributed by atoms with E-state index in [-0.39, 0.29) is 45.6 Å². The number of aliphatic imine (C=N–C) groups is 1. The summed E-state index contributed by atoms with van der Waals surface area (Å²) in [6, 6.07) is 0.0955. The van der Waals surface area contributed by atoms with Crippen molar-refractivity contribution in [2.24, 2.45) is 33.7 Å². The predicted molar refractivity (Wildman–Crippen MR) is 158 cm³/mol. The maximum Gasteiger partial charge on any atom is 0.0870 e. The lowest BCUT2D eigenvalue weighted by Crippen LogP contribution is -2.48. The summed E-state index contributed by atoms with van der Waals surface area (Å²) in [4.78, 5) is 5.04. The monoisotopic (exact) mass is 525 g/mol. The summed E-state index contributed by atoms with van der Waals surface area (Å²) in [5.74, 6) is 0.520. The molecule has 0 amide bonds. The fraction of sp³-hybridized carbons (Fsp3) is 0.968. The van der Waals surface area contributed by atoms with Crippen molar-refractivity contribution in [1.29, 1.82) is 0 Å². The Balaban J connectivity index is 3.39. The molecular weight excluding hydrogens is 462 g/mol. The Morgan fingerprint density at radius 3 is 1.95 bits per heavy atom. The fourth-order valence-electron chi connectivity index (χ4n) is 5.51. The molecule has 6 heteroatoms. The van der Waals surface area contributed by atoms with Gasteiger partial charge < -0.3 is 25.7 Å². The molecule has 0 fully saturated rings. The molecule has 4 unspecified atom stereocenters. The minimum atomic E-state index is -0.546. The van der Waals surface area contributed by atoms with E-state index in [1.54, 1.807) is 0 Å². The lowest BCUT2D eigenvalue weighted by molar-refractivity contribution is -0.123. The summed E-state index contributed by atoms with van der Waals surface area (Å²) in [5.41, 5.74) is 12.0. The van der Waals surface area contributed by atoms with Gasteiger partial charge in [0.1, 0.15) is 0 Å². The van der Waals surface area contributed by atoms with E-state index in [1.165, 1.54) is 0 Å². The third kappa shape index (κ3) is 11.6. The maximum atomic E-state index is 6.64. The van der Waals surface area contributed by atoms with Gasteiger partial charge in [0.2, 0.25) is 0 Å². The first-order chi connectivity index (χ1) is 16.4. The second-order valence-electron chi connectivity index (χ2n) is 15.3. The second kappa shape index (κ2) is 12.3. The van der Waals surface area contributed by atoms with Crippen molar-refractivity contribution in [2.75, 3.05) is 19.8 Å². The van der Waals surface area contributed by atoms with Crippen molar-refractivity contribution in [3.63, 3.8) is 0 Å². The lowest BCUT2D eigenvalue weighted by atomic mass is 9.65. The van der Waals surface area contributed by atoms with Gasteiger partial charge >= 0.3 is 0 Å². The minimum absolute atomic E-state index is 0.0452. The largest absolute Gasteiger partial charge is 0.375 e. The van der Waals surface area contributed by atoms with Gasteiger partial charge in [0.05, 0.1) is 53.9 Å². The Morgan fingerprint density at radius 1 is 0.973 bits per heavy atom. The molecule has 0 bridgehead atoms. The standard InChI is InChI=1S/C31H63N3O3/c1-15-31(20-27(7,8)36-17-23(3)29(11,12)32)19-26(5,6)35-16-22(2)24(4)34-25(30(13,14)33)18-37-28(9,10)21-31/h22-24H,15-21,32-33H2,1-14H3. The molecule has 220 valence electrons. The van der Waals surface area contributed by atoms with Gasteiger partial charge in [-0.25, -0.2) is 0 Å². The Kier molecular flexibility index (Phi) is 11.5. The van der Waals surface area contributed by atoms with E-state index in [0.717, 1.165) is 31.4 Å². The van der Waals surface area contributed by atoms with Crippen LogP contribution in [0.4, 0.5) is 0 Å². The zero-order chi connectivity index (χ0) is 29.1. The minimum Gasteiger partial charge on any atom is -0.375 e. The number of hydrogen-bond donors (Lipinski definition) is 2. The summed E-state index contributed by atoms with van der Waals surface area (Å²) in [7, 11) is 0. The molecule has 0 saturated heterocycles. The quantitative estimate of drug-likeness (QED) is 0.376. The van der Waals surface area contributed by atoms with Crippen LogP contribution >= 0.6 is 0 Å². The van der Waals surface area contributed by atoms with E-state index in [1.807, 2.05) is 13.8 Å². The zero-order valence-corrected chi connectivity index (χ0v) is 27.0. The van der Waals surface area contributed by atoms with E-state index < -0.39 is 5.54 Å². The summed E-state index contributed by atoms with van der Waals surface area (Å²) < 4.78 is 19.8. The molecule has 0 aromatic carbocycles. The number of nitrogens with two attached hydrogens (primary N) is 2. The summed E-state index contributed by atoms with van der Waals surface area (Å²) in [6.07, 6.45) is 3.72. The first-order valence-electron chi connectivity index (χ1n) is 14.5. The molecule has 1 aliphatic heterocycles. The van der Waals surface area contributed by atoms with Crippen molar-refractivity contribution >= 4 is 5.71 Å². The van der Waals surface area contributed by atoms with Gasteiger partial charge in [0.25, 0.3) is 0 Å². The number of nitrogens with zero attached hydrogens (tertiary/aromatic N) is 1. The zero-order valence-electron chi connectivity index (χ0n) is 27.0. The average Bonchev–Trinajstić information content (AvgIpc) is 2.70. The molecule has 4 atom stereocenters. The Hall–Kier alpha value is -0.530. The highest BCUT2D eigenvalue weighted by atomic mass is 16.5. The van der Waals surface area contributed by atoms with Gasteiger partial charge in [-0.15, -0.1) is 0 Å². The van der Waals surface area contributed by atoms with Crippen molar-refractivity contribution < 1.29 is 14.2 Å². The molecule has 37 heavy (non-hydrogen) atoms. The Morgan fingerprint density at radius 2 is 1.49 bits per heavy atom. The molecule has 6 nitrogen and oxygen atoms in total. The van der Waals surface area contributed by atoms with E-state index in [2.05, 4.69) is 83.1 Å². The van der Waals surface area contributed by atoms with Crippen molar-refractivity contribution in [3.8, 4) is 0 Å². The van der Waals surface area contributed by atoms with E-state index >= 15 is 0 Å². The van der Waals surface area contributed by atoms with Crippen LogP contribution in [0.1, 0.15) is 123 Å². The van der Waals surface area contributed by atoms with Crippen LogP contribution in [0.2, 0.25) is 0 Å². The van der Waals surface area contributed by atoms with Crippen LogP contribution in [0, 0.1) is 17.3 Å². The highest BCUT2D eigenvalue weighted by Gasteiger charge is 2.45. The molecule has 0 aliphatic carbocycles. The molecule has 0 saturated carbocycles. The molecule has 1 heterocycles. The maximum absolute atomic E-state index is 6.64. The molecule has 1 aliphatic rings. The smallest absolute Gasteiger partial charge is 0.0870 e. The number of hydrogen-bond acceptors (Lipinski definition) is 6. The predicted octanol–water partition coefficient (Wildman–Crippen LogP) is 6.53. The third-order valence-electron chi connectivity index (χ3n) is 8.41. The SMILES string of the molecule is CCC1(CC(C)(C)OCC(C)C(C)(C)N)CC(C)(C)OCC(C(C)(C)N)=NC(C)C(C)COC(C)(C)C1. The molecule has 4 N–H and O–H groups in total. The average molecular weight is 526 g/mol. The molecule has 0 aromatic heterocycles. The summed E-state index contributed by atoms with van der Waals surface area (Å²) >= 11 is 0. The van der Waals surface area contributed by atoms with E-state index in [4.69, 9.17) is 30.7 Å². The number of rotatable bonds is 8. The van der Waals surface area contributed by atoms with Gasteiger partial charge in [-0.2, -0.15) is 0 Å². The van der Waals surface area contributed by atoms with Crippen molar-refractivity contribution in [2.45, 2.75) is 157 Å². The van der Waals surface area contributed by atoms with Crippen LogP contribution in [0.3, 0.4) is 0 Å². The summed E-state index contributed by atoms with van der Waals surface area (Å²) in [6.45, 7) is 32.0. The highest BCUT2D eigenvalue weighted by Crippen LogP contribution is 2.48. The van der Waals surface area contributed by atoms with Crippen LogP contribution in [-0.4, -0.2) is 59.5 Å². The molecule has 0 spiro atoms. The fourth-order valence-corrected chi connectivity index (χ4v) is 5.51. The second-order valence-corrected chi connectivity index (χ2v) is 15.3. The highest BCUT2D eigenvalue weighted by molar-refractivity contribution is 5.94. The molecular formula is C31H63N3O3. The third-order valence-corrected chi connectivity index (χ3v) is 8.41. The topological polar surface area (TPSA) is 92.1 Å². The first-order valence-corrected chi connectivity index (χ1v) is 14.5. The Bertz CT molecular complexity index is 746. The van der Waals surface area contributed by atoms with Crippen molar-refractivity contribution in [3.05, 3.63) is 0 Å². The van der Waals surface area contributed by atoms with Crippen LogP contribution in [-0.2, 0) is 14.2 Å². The first kappa shape index (κ1) is 34.5. The van der Waals surface area contributed by atoms with Crippen LogP contribution in [0.25, 0.3) is 0 Å². The van der Waals surface area contributed by atoms with Crippen LogP contribution < -0.4 is 11.5 Å². The normalized spacial score (nSPS) is 29.5. The van der Waals surface area contributed by atoms with Gasteiger partial charge in [0.15, 0.2) is 0 Å². The van der Waals surface area contributed by atoms with E-state index in [0.29, 0.717) is 19.8 Å². The van der Waals surface area contributed by atoms with Gasteiger partial charge in [-0.3, -0.25) is 4.99 Å². The Labute approximate surface area is 230 Å². The number of ether oxygens (including phenoxy) is 3. The lowest BCUT2D eigenvalue weighted by Gasteiger charge is -2.47.